The number of rotatable bonds is 2. The number of anilines is 1. The highest BCUT2D eigenvalue weighted by Crippen LogP contribution is 2.33. The van der Waals surface area contributed by atoms with Crippen molar-refractivity contribution >= 4 is 32.7 Å². The number of benzene rings is 2. The average molecular weight is 329 g/mol. The van der Waals surface area contributed by atoms with Crippen LogP contribution in [0.25, 0.3) is 11.1 Å². The maximum Gasteiger partial charge on any atom is 0.196 e. The number of para-hydroxylation sites is 1. The second-order valence-electron chi connectivity index (χ2n) is 5.09. The summed E-state index contributed by atoms with van der Waals surface area (Å²) in [7, 11) is 0. The van der Waals surface area contributed by atoms with E-state index in [1.165, 1.54) is 11.3 Å². The van der Waals surface area contributed by atoms with Gasteiger partial charge in [0.1, 0.15) is 5.52 Å². The largest absolute Gasteiger partial charge is 0.441 e. The third kappa shape index (κ3) is 2.00. The van der Waals surface area contributed by atoms with Crippen molar-refractivity contribution in [2.24, 2.45) is 0 Å². The Morgan fingerprint density at radius 2 is 2.15 bits per heavy atom. The molecule has 1 aromatic heterocycles. The maximum atomic E-state index is 5.84. The SMILES string of the molecule is Brc1ccc2oc(CC3CNc4ccccc43)nc2c1. The van der Waals surface area contributed by atoms with Crippen LogP contribution in [0.5, 0.6) is 0 Å². The van der Waals surface area contributed by atoms with Gasteiger partial charge in [0.2, 0.25) is 0 Å². The fourth-order valence-corrected chi connectivity index (χ4v) is 3.13. The van der Waals surface area contributed by atoms with Gasteiger partial charge < -0.3 is 9.73 Å². The Bertz CT molecular complexity index is 781. The zero-order chi connectivity index (χ0) is 13.5. The summed E-state index contributed by atoms with van der Waals surface area (Å²) in [5, 5.41) is 3.44. The number of fused-ring (bicyclic) bond motifs is 2. The highest BCUT2D eigenvalue weighted by atomic mass is 79.9. The first-order chi connectivity index (χ1) is 9.79. The Balaban J connectivity index is 1.65. The smallest absolute Gasteiger partial charge is 0.196 e. The first-order valence-corrected chi connectivity index (χ1v) is 7.47. The molecule has 4 rings (SSSR count). The molecule has 1 atom stereocenters. The van der Waals surface area contributed by atoms with E-state index in [4.69, 9.17) is 4.42 Å². The van der Waals surface area contributed by atoms with Gasteiger partial charge in [-0.15, -0.1) is 0 Å². The fourth-order valence-electron chi connectivity index (χ4n) is 2.79. The summed E-state index contributed by atoms with van der Waals surface area (Å²) in [5.74, 6) is 1.24. The van der Waals surface area contributed by atoms with E-state index in [0.29, 0.717) is 5.92 Å². The number of nitrogens with one attached hydrogen (secondary N) is 1. The topological polar surface area (TPSA) is 38.1 Å². The molecule has 0 bridgehead atoms. The summed E-state index contributed by atoms with van der Waals surface area (Å²) < 4.78 is 6.87. The number of oxazole rings is 1. The molecular formula is C16H13BrN2O. The molecule has 0 fully saturated rings. The van der Waals surface area contributed by atoms with Crippen LogP contribution in [0.1, 0.15) is 17.4 Å². The molecule has 1 aliphatic rings. The molecular weight excluding hydrogens is 316 g/mol. The van der Waals surface area contributed by atoms with Crippen LogP contribution in [-0.4, -0.2) is 11.5 Å². The fraction of sp³-hybridized carbons (Fsp3) is 0.188. The van der Waals surface area contributed by atoms with Gasteiger partial charge in [-0.1, -0.05) is 34.1 Å². The third-order valence-electron chi connectivity index (χ3n) is 3.75. The molecule has 0 amide bonds. The second kappa shape index (κ2) is 4.63. The first kappa shape index (κ1) is 12.0. The summed E-state index contributed by atoms with van der Waals surface area (Å²) in [6.45, 7) is 0.946. The van der Waals surface area contributed by atoms with Gasteiger partial charge in [0.15, 0.2) is 11.5 Å². The quantitative estimate of drug-likeness (QED) is 0.760. The minimum absolute atomic E-state index is 0.433. The number of halogens is 1. The van der Waals surface area contributed by atoms with Crippen LogP contribution in [0, 0.1) is 0 Å². The minimum atomic E-state index is 0.433. The monoisotopic (exact) mass is 328 g/mol. The Hall–Kier alpha value is -1.81. The molecule has 0 aliphatic carbocycles. The Labute approximate surface area is 125 Å². The van der Waals surface area contributed by atoms with E-state index in [1.807, 2.05) is 18.2 Å². The molecule has 0 saturated carbocycles. The molecule has 0 radical (unpaired) electrons. The zero-order valence-electron chi connectivity index (χ0n) is 10.8. The molecule has 4 heteroatoms. The van der Waals surface area contributed by atoms with Crippen molar-refractivity contribution in [3.05, 3.63) is 58.4 Å². The van der Waals surface area contributed by atoms with Gasteiger partial charge in [-0.25, -0.2) is 4.98 Å². The second-order valence-corrected chi connectivity index (χ2v) is 6.00. The first-order valence-electron chi connectivity index (χ1n) is 6.67. The highest BCUT2D eigenvalue weighted by Gasteiger charge is 2.23. The lowest BCUT2D eigenvalue weighted by Gasteiger charge is -2.06. The summed E-state index contributed by atoms with van der Waals surface area (Å²) in [6.07, 6.45) is 0.830. The van der Waals surface area contributed by atoms with Crippen molar-refractivity contribution in [3.63, 3.8) is 0 Å². The van der Waals surface area contributed by atoms with E-state index >= 15 is 0 Å². The van der Waals surface area contributed by atoms with Gasteiger partial charge in [0.25, 0.3) is 0 Å². The van der Waals surface area contributed by atoms with Crippen LogP contribution >= 0.6 is 15.9 Å². The van der Waals surface area contributed by atoms with Crippen LogP contribution in [0.4, 0.5) is 5.69 Å². The van der Waals surface area contributed by atoms with Gasteiger partial charge in [-0.3, -0.25) is 0 Å². The molecule has 0 spiro atoms. The van der Waals surface area contributed by atoms with Crippen molar-refractivity contribution in [1.29, 1.82) is 0 Å². The molecule has 20 heavy (non-hydrogen) atoms. The van der Waals surface area contributed by atoms with Crippen molar-refractivity contribution < 1.29 is 4.42 Å². The summed E-state index contributed by atoms with van der Waals surface area (Å²) in [5.41, 5.74) is 4.35. The Kier molecular flexibility index (Phi) is 2.77. The molecule has 100 valence electrons. The van der Waals surface area contributed by atoms with Crippen molar-refractivity contribution in [2.45, 2.75) is 12.3 Å². The normalized spacial score (nSPS) is 17.1. The highest BCUT2D eigenvalue weighted by molar-refractivity contribution is 9.10. The van der Waals surface area contributed by atoms with Crippen LogP contribution < -0.4 is 5.32 Å². The molecule has 0 saturated heterocycles. The summed E-state index contributed by atoms with van der Waals surface area (Å²) in [6, 6.07) is 14.4. The van der Waals surface area contributed by atoms with E-state index in [0.717, 1.165) is 34.4 Å². The number of hydrogen-bond acceptors (Lipinski definition) is 3. The maximum absolute atomic E-state index is 5.84. The molecule has 1 aliphatic heterocycles. The van der Waals surface area contributed by atoms with E-state index in [2.05, 4.69) is 50.5 Å². The standard InChI is InChI=1S/C16H13BrN2O/c17-11-5-6-15-14(8-11)19-16(20-15)7-10-9-18-13-4-2-1-3-12(10)13/h1-6,8,10,18H,7,9H2. The van der Waals surface area contributed by atoms with Gasteiger partial charge in [0.05, 0.1) is 0 Å². The Morgan fingerprint density at radius 1 is 1.25 bits per heavy atom. The lowest BCUT2D eigenvalue weighted by atomic mass is 9.98. The van der Waals surface area contributed by atoms with Crippen molar-refractivity contribution in [2.75, 3.05) is 11.9 Å². The lowest BCUT2D eigenvalue weighted by Crippen LogP contribution is -2.05. The van der Waals surface area contributed by atoms with Gasteiger partial charge in [-0.2, -0.15) is 0 Å². The molecule has 1 unspecified atom stereocenters. The van der Waals surface area contributed by atoms with Crippen molar-refractivity contribution in [3.8, 4) is 0 Å². The van der Waals surface area contributed by atoms with Crippen LogP contribution in [0.15, 0.2) is 51.4 Å². The zero-order valence-corrected chi connectivity index (χ0v) is 12.4. The van der Waals surface area contributed by atoms with Gasteiger partial charge in [-0.05, 0) is 29.8 Å². The Morgan fingerprint density at radius 3 is 3.10 bits per heavy atom. The molecule has 2 heterocycles. The van der Waals surface area contributed by atoms with Crippen LogP contribution in [0.3, 0.4) is 0 Å². The molecule has 3 aromatic rings. The number of hydrogen-bond donors (Lipinski definition) is 1. The minimum Gasteiger partial charge on any atom is -0.441 e. The summed E-state index contributed by atoms with van der Waals surface area (Å²) >= 11 is 3.46. The summed E-state index contributed by atoms with van der Waals surface area (Å²) in [4.78, 5) is 4.59. The molecule has 1 N–H and O–H groups in total. The van der Waals surface area contributed by atoms with Gasteiger partial charge >= 0.3 is 0 Å². The van der Waals surface area contributed by atoms with Gasteiger partial charge in [0, 0.05) is 29.0 Å². The average Bonchev–Trinajstić information content (AvgIpc) is 3.03. The third-order valence-corrected chi connectivity index (χ3v) is 4.25. The predicted molar refractivity (Wildman–Crippen MR) is 83.1 cm³/mol. The van der Waals surface area contributed by atoms with E-state index < -0.39 is 0 Å². The van der Waals surface area contributed by atoms with E-state index in [1.54, 1.807) is 0 Å². The van der Waals surface area contributed by atoms with E-state index in [-0.39, 0.29) is 0 Å². The number of aromatic nitrogens is 1. The van der Waals surface area contributed by atoms with E-state index in [9.17, 15) is 0 Å². The van der Waals surface area contributed by atoms with Crippen LogP contribution in [0.2, 0.25) is 0 Å². The lowest BCUT2D eigenvalue weighted by molar-refractivity contribution is 0.507. The predicted octanol–water partition coefficient (Wildman–Crippen LogP) is 4.34. The molecule has 3 nitrogen and oxygen atoms in total. The number of nitrogens with zero attached hydrogens (tertiary/aromatic N) is 1. The van der Waals surface area contributed by atoms with Crippen molar-refractivity contribution in [1.82, 2.24) is 4.98 Å². The molecule has 2 aromatic carbocycles. The van der Waals surface area contributed by atoms with Crippen LogP contribution in [-0.2, 0) is 6.42 Å².